The van der Waals surface area contributed by atoms with Crippen LogP contribution in [-0.2, 0) is 12.8 Å². The highest BCUT2D eigenvalue weighted by Crippen LogP contribution is 2.35. The predicted molar refractivity (Wildman–Crippen MR) is 126 cm³/mol. The number of aryl methyl sites for hydroxylation is 2. The number of amides is 1. The number of nitrogens with zero attached hydrogens (tertiary/aromatic N) is 2. The Morgan fingerprint density at radius 2 is 1.88 bits per heavy atom. The van der Waals surface area contributed by atoms with E-state index in [1.54, 1.807) is 4.90 Å². The van der Waals surface area contributed by atoms with Crippen LogP contribution in [0, 0.1) is 0 Å². The third kappa shape index (κ3) is 3.46. The zero-order chi connectivity index (χ0) is 22.2. The van der Waals surface area contributed by atoms with E-state index in [9.17, 15) is 15.0 Å². The number of aromatic nitrogens is 1. The molecule has 3 aromatic carbocycles. The van der Waals surface area contributed by atoms with E-state index in [1.807, 2.05) is 30.3 Å². The summed E-state index contributed by atoms with van der Waals surface area (Å²) in [7, 11) is 0. The van der Waals surface area contributed by atoms with E-state index in [-0.39, 0.29) is 23.0 Å². The highest BCUT2D eigenvalue weighted by molar-refractivity contribution is 6.08. The Morgan fingerprint density at radius 1 is 1.03 bits per heavy atom. The number of benzene rings is 3. The minimum absolute atomic E-state index is 0.0719. The van der Waals surface area contributed by atoms with Crippen molar-refractivity contribution in [2.24, 2.45) is 0 Å². The number of hydrogen-bond donors (Lipinski definition) is 2. The van der Waals surface area contributed by atoms with Crippen molar-refractivity contribution in [3.8, 4) is 22.8 Å². The second-order valence-corrected chi connectivity index (χ2v) is 8.15. The number of anilines is 1. The lowest BCUT2D eigenvalue weighted by atomic mass is 9.95. The number of carbonyl (C=O) groups excluding carboxylic acids is 1. The van der Waals surface area contributed by atoms with Crippen LogP contribution in [0.5, 0.6) is 11.5 Å². The number of carbonyl (C=O) groups is 1. The summed E-state index contributed by atoms with van der Waals surface area (Å²) < 4.78 is 0. The molecule has 160 valence electrons. The first-order chi connectivity index (χ1) is 15.5. The monoisotopic (exact) mass is 424 g/mol. The minimum atomic E-state index is -0.269. The fourth-order valence-corrected chi connectivity index (χ4v) is 4.48. The quantitative estimate of drug-likeness (QED) is 0.457. The van der Waals surface area contributed by atoms with Crippen LogP contribution >= 0.6 is 0 Å². The Kier molecular flexibility index (Phi) is 5.02. The average Bonchev–Trinajstić information content (AvgIpc) is 2.82. The lowest BCUT2D eigenvalue weighted by Gasteiger charge is -2.30. The van der Waals surface area contributed by atoms with E-state index in [0.29, 0.717) is 6.54 Å². The largest absolute Gasteiger partial charge is 0.508 e. The summed E-state index contributed by atoms with van der Waals surface area (Å²) in [6.07, 6.45) is 2.60. The van der Waals surface area contributed by atoms with Gasteiger partial charge in [0.15, 0.2) is 0 Å². The Morgan fingerprint density at radius 3 is 2.69 bits per heavy atom. The van der Waals surface area contributed by atoms with Gasteiger partial charge in [-0.1, -0.05) is 31.2 Å². The molecular weight excluding hydrogens is 400 g/mol. The highest BCUT2D eigenvalue weighted by atomic mass is 16.3. The number of pyridine rings is 1. The van der Waals surface area contributed by atoms with Crippen LogP contribution in [-0.4, -0.2) is 27.6 Å². The molecule has 1 aromatic heterocycles. The topological polar surface area (TPSA) is 73.7 Å². The molecule has 0 spiro atoms. The lowest BCUT2D eigenvalue weighted by Crippen LogP contribution is -2.35. The molecule has 0 saturated carbocycles. The molecule has 0 unspecified atom stereocenters. The summed E-state index contributed by atoms with van der Waals surface area (Å²) >= 11 is 0. The number of aromatic hydroxyl groups is 2. The summed E-state index contributed by atoms with van der Waals surface area (Å²) in [5.41, 5.74) is 6.33. The van der Waals surface area contributed by atoms with E-state index in [2.05, 4.69) is 25.1 Å². The third-order valence-electron chi connectivity index (χ3n) is 6.11. The molecule has 0 bridgehead atoms. The highest BCUT2D eigenvalue weighted by Gasteiger charge is 2.26. The first kappa shape index (κ1) is 20.1. The molecule has 1 aliphatic rings. The Labute approximate surface area is 186 Å². The maximum Gasteiger partial charge on any atom is 0.262 e. The van der Waals surface area contributed by atoms with Gasteiger partial charge in [-0.15, -0.1) is 0 Å². The van der Waals surface area contributed by atoms with Gasteiger partial charge in [0.25, 0.3) is 5.91 Å². The first-order valence-electron chi connectivity index (χ1n) is 10.9. The van der Waals surface area contributed by atoms with Crippen LogP contribution in [0.4, 0.5) is 5.69 Å². The molecule has 5 rings (SSSR count). The maximum absolute atomic E-state index is 13.2. The smallest absolute Gasteiger partial charge is 0.262 e. The van der Waals surface area contributed by atoms with Crippen molar-refractivity contribution >= 4 is 22.5 Å². The number of hydrogen-bond acceptors (Lipinski definition) is 4. The Balaban J connectivity index is 1.55. The van der Waals surface area contributed by atoms with Crippen LogP contribution < -0.4 is 4.90 Å². The van der Waals surface area contributed by atoms with Gasteiger partial charge in [0.1, 0.15) is 11.5 Å². The SMILES string of the molecule is CCc1cc2ccccc2nc1-c1ccc2c(c1)CCCN2C(=O)c1ccc(O)cc1O. The summed E-state index contributed by atoms with van der Waals surface area (Å²) in [6.45, 7) is 2.72. The molecule has 2 heterocycles. The summed E-state index contributed by atoms with van der Waals surface area (Å²) in [6, 6.07) is 20.6. The molecule has 5 heteroatoms. The zero-order valence-corrected chi connectivity index (χ0v) is 17.9. The number of fused-ring (bicyclic) bond motifs is 2. The number of phenols is 2. The van der Waals surface area contributed by atoms with Crippen LogP contribution in [0.15, 0.2) is 66.7 Å². The normalized spacial score (nSPS) is 13.2. The van der Waals surface area contributed by atoms with E-state index in [4.69, 9.17) is 4.98 Å². The molecule has 0 atom stereocenters. The molecule has 4 aromatic rings. The molecule has 2 N–H and O–H groups in total. The van der Waals surface area contributed by atoms with Crippen molar-refractivity contribution in [1.82, 2.24) is 4.98 Å². The fourth-order valence-electron chi connectivity index (χ4n) is 4.48. The van der Waals surface area contributed by atoms with Crippen molar-refractivity contribution in [2.75, 3.05) is 11.4 Å². The fraction of sp³-hybridized carbons (Fsp3) is 0.185. The molecule has 1 aliphatic heterocycles. The van der Waals surface area contributed by atoms with Gasteiger partial charge in [0.05, 0.1) is 16.8 Å². The maximum atomic E-state index is 13.2. The zero-order valence-electron chi connectivity index (χ0n) is 17.9. The number of para-hydroxylation sites is 1. The third-order valence-corrected chi connectivity index (χ3v) is 6.11. The lowest BCUT2D eigenvalue weighted by molar-refractivity contribution is 0.0982. The summed E-state index contributed by atoms with van der Waals surface area (Å²) in [4.78, 5) is 19.8. The molecule has 32 heavy (non-hydrogen) atoms. The second-order valence-electron chi connectivity index (χ2n) is 8.15. The Bertz CT molecular complexity index is 1350. The molecule has 0 saturated heterocycles. The van der Waals surface area contributed by atoms with Crippen molar-refractivity contribution in [2.45, 2.75) is 26.2 Å². The molecule has 0 aliphatic carbocycles. The van der Waals surface area contributed by atoms with E-state index >= 15 is 0 Å². The first-order valence-corrected chi connectivity index (χ1v) is 10.9. The van der Waals surface area contributed by atoms with Crippen LogP contribution in [0.2, 0.25) is 0 Å². The van der Waals surface area contributed by atoms with Gasteiger partial charge >= 0.3 is 0 Å². The van der Waals surface area contributed by atoms with Crippen molar-refractivity contribution in [3.05, 3.63) is 83.4 Å². The average molecular weight is 425 g/mol. The van der Waals surface area contributed by atoms with Crippen molar-refractivity contribution in [1.29, 1.82) is 0 Å². The molecule has 0 radical (unpaired) electrons. The molecular formula is C27H24N2O3. The van der Waals surface area contributed by atoms with Gasteiger partial charge < -0.3 is 15.1 Å². The van der Waals surface area contributed by atoms with Gasteiger partial charge in [-0.3, -0.25) is 4.79 Å². The summed E-state index contributed by atoms with van der Waals surface area (Å²) in [5, 5.41) is 20.8. The van der Waals surface area contributed by atoms with Gasteiger partial charge in [0, 0.05) is 29.2 Å². The predicted octanol–water partition coefficient (Wildman–Crippen LogP) is 5.47. The number of rotatable bonds is 3. The van der Waals surface area contributed by atoms with Crippen molar-refractivity contribution < 1.29 is 15.0 Å². The van der Waals surface area contributed by atoms with Gasteiger partial charge in [0.2, 0.25) is 0 Å². The summed E-state index contributed by atoms with van der Waals surface area (Å²) in [5.74, 6) is -0.557. The van der Waals surface area contributed by atoms with Crippen LogP contribution in [0.25, 0.3) is 22.2 Å². The second kappa shape index (κ2) is 8.00. The van der Waals surface area contributed by atoms with Crippen LogP contribution in [0.1, 0.15) is 34.8 Å². The van der Waals surface area contributed by atoms with E-state index in [1.165, 1.54) is 23.8 Å². The van der Waals surface area contributed by atoms with Crippen LogP contribution in [0.3, 0.4) is 0 Å². The number of phenolic OH excluding ortho intramolecular Hbond substituents is 2. The molecule has 1 amide bonds. The standard InChI is InChI=1S/C27H24N2O3/c1-2-17-14-18-6-3-4-8-23(18)28-26(17)20-9-12-24-19(15-20)7-5-13-29(24)27(32)22-11-10-21(30)16-25(22)31/h3-4,6,8-12,14-16,30-31H,2,5,7,13H2,1H3. The molecule has 0 fully saturated rings. The van der Waals surface area contributed by atoms with E-state index in [0.717, 1.165) is 52.7 Å². The van der Waals surface area contributed by atoms with Gasteiger partial charge in [-0.05, 0) is 66.8 Å². The minimum Gasteiger partial charge on any atom is -0.508 e. The van der Waals surface area contributed by atoms with Gasteiger partial charge in [-0.2, -0.15) is 0 Å². The Hall–Kier alpha value is -3.86. The molecule has 5 nitrogen and oxygen atoms in total. The van der Waals surface area contributed by atoms with E-state index < -0.39 is 0 Å². The van der Waals surface area contributed by atoms with Gasteiger partial charge in [-0.25, -0.2) is 4.98 Å². The van der Waals surface area contributed by atoms with Crippen molar-refractivity contribution in [3.63, 3.8) is 0 Å².